The van der Waals surface area contributed by atoms with Crippen LogP contribution in [0.5, 0.6) is 0 Å². The highest BCUT2D eigenvalue weighted by atomic mass is 16.3. The Kier molecular flexibility index (Phi) is 5.38. The van der Waals surface area contributed by atoms with E-state index in [1.165, 1.54) is 26.9 Å². The normalized spacial score (nSPS) is 11.8. The lowest BCUT2D eigenvalue weighted by Gasteiger charge is -2.12. The zero-order valence-electron chi connectivity index (χ0n) is 24.0. The first-order valence-corrected chi connectivity index (χ1v) is 14.8. The molecule has 0 N–H and O–H groups in total. The van der Waals surface area contributed by atoms with E-state index in [1.807, 2.05) is 42.5 Å². The van der Waals surface area contributed by atoms with Crippen LogP contribution in [0.4, 0.5) is 0 Å². The highest BCUT2D eigenvalue weighted by Gasteiger charge is 2.18. The second-order valence-corrected chi connectivity index (χ2v) is 11.3. The third-order valence-electron chi connectivity index (χ3n) is 8.67. The van der Waals surface area contributed by atoms with Gasteiger partial charge >= 0.3 is 0 Å². The molecule has 0 bridgehead atoms. The van der Waals surface area contributed by atoms with Crippen molar-refractivity contribution in [1.29, 1.82) is 0 Å². The molecule has 7 aromatic carbocycles. The van der Waals surface area contributed by atoms with Gasteiger partial charge in [-0.05, 0) is 63.0 Å². The van der Waals surface area contributed by atoms with Crippen molar-refractivity contribution in [2.24, 2.45) is 0 Å². The van der Waals surface area contributed by atoms with Crippen molar-refractivity contribution >= 4 is 54.3 Å². The lowest BCUT2D eigenvalue weighted by atomic mass is 9.96. The summed E-state index contributed by atoms with van der Waals surface area (Å²) in [6, 6.07) is 46.4. The number of benzene rings is 7. The topological polar surface area (TPSA) is 51.8 Å². The average molecular weight is 564 g/mol. The molecule has 206 valence electrons. The van der Waals surface area contributed by atoms with Crippen molar-refractivity contribution in [3.05, 3.63) is 139 Å². The van der Waals surface area contributed by atoms with Gasteiger partial charge in [-0.25, -0.2) is 15.0 Å². The Morgan fingerprint density at radius 3 is 1.91 bits per heavy atom. The summed E-state index contributed by atoms with van der Waals surface area (Å²) < 4.78 is 6.20. The molecule has 2 heterocycles. The summed E-state index contributed by atoms with van der Waals surface area (Å²) in [4.78, 5) is 15.2. The number of nitrogens with zero attached hydrogens (tertiary/aromatic N) is 3. The molecule has 0 fully saturated rings. The molecule has 9 aromatic rings. The molecule has 0 saturated carbocycles. The summed E-state index contributed by atoms with van der Waals surface area (Å²) in [5, 5.41) is 9.42. The molecule has 0 unspecified atom stereocenters. The van der Waals surface area contributed by atoms with E-state index in [9.17, 15) is 0 Å². The first kappa shape index (κ1) is 24.7. The average Bonchev–Trinajstić information content (AvgIpc) is 3.47. The number of para-hydroxylation sites is 1. The van der Waals surface area contributed by atoms with Gasteiger partial charge < -0.3 is 4.42 Å². The smallest absolute Gasteiger partial charge is 0.164 e. The Morgan fingerprint density at radius 2 is 1.05 bits per heavy atom. The van der Waals surface area contributed by atoms with Gasteiger partial charge in [0.15, 0.2) is 17.5 Å². The van der Waals surface area contributed by atoms with E-state index in [1.54, 1.807) is 0 Å². The van der Waals surface area contributed by atoms with Crippen LogP contribution >= 0.6 is 0 Å². The van der Waals surface area contributed by atoms with Crippen LogP contribution in [0, 0.1) is 6.92 Å². The fourth-order valence-electron chi connectivity index (χ4n) is 6.50. The maximum atomic E-state index is 6.20. The second-order valence-electron chi connectivity index (χ2n) is 11.3. The molecule has 44 heavy (non-hydrogen) atoms. The van der Waals surface area contributed by atoms with Crippen LogP contribution in [-0.4, -0.2) is 15.0 Å². The van der Waals surface area contributed by atoms with Crippen molar-refractivity contribution < 1.29 is 4.42 Å². The Balaban J connectivity index is 1.28. The van der Waals surface area contributed by atoms with Crippen LogP contribution in [0.25, 0.3) is 88.4 Å². The van der Waals surface area contributed by atoms with Crippen molar-refractivity contribution in [2.75, 3.05) is 0 Å². The van der Waals surface area contributed by atoms with Crippen LogP contribution in [-0.2, 0) is 0 Å². The molecule has 0 aliphatic heterocycles. The molecule has 0 saturated heterocycles. The van der Waals surface area contributed by atoms with E-state index < -0.39 is 0 Å². The fraction of sp³-hybridized carbons (Fsp3) is 0.0250. The lowest BCUT2D eigenvalue weighted by Crippen LogP contribution is -2.01. The van der Waals surface area contributed by atoms with Crippen LogP contribution < -0.4 is 0 Å². The van der Waals surface area contributed by atoms with Gasteiger partial charge in [0.25, 0.3) is 0 Å². The van der Waals surface area contributed by atoms with Gasteiger partial charge in [-0.3, -0.25) is 0 Å². The molecule has 0 spiro atoms. The third kappa shape index (κ3) is 3.81. The zero-order chi connectivity index (χ0) is 29.2. The number of hydrogen-bond donors (Lipinski definition) is 0. The van der Waals surface area contributed by atoms with Crippen LogP contribution in [0.3, 0.4) is 0 Å². The largest absolute Gasteiger partial charge is 0.456 e. The van der Waals surface area contributed by atoms with Gasteiger partial charge in [0.05, 0.1) is 0 Å². The molecule has 4 heteroatoms. The second kappa shape index (κ2) is 9.58. The Labute approximate surface area is 253 Å². The predicted octanol–water partition coefficient (Wildman–Crippen LogP) is 10.5. The maximum Gasteiger partial charge on any atom is 0.164 e. The van der Waals surface area contributed by atoms with Gasteiger partial charge in [-0.1, -0.05) is 115 Å². The summed E-state index contributed by atoms with van der Waals surface area (Å²) in [7, 11) is 0. The Bertz CT molecular complexity index is 2580. The first-order valence-electron chi connectivity index (χ1n) is 14.8. The Hall–Kier alpha value is -5.87. The number of hydrogen-bond acceptors (Lipinski definition) is 4. The molecule has 0 radical (unpaired) electrons. The molecule has 4 nitrogen and oxygen atoms in total. The summed E-state index contributed by atoms with van der Waals surface area (Å²) >= 11 is 0. The van der Waals surface area contributed by atoms with E-state index in [4.69, 9.17) is 19.4 Å². The number of fused-ring (bicyclic) bond motifs is 8. The van der Waals surface area contributed by atoms with Crippen LogP contribution in [0.1, 0.15) is 5.56 Å². The van der Waals surface area contributed by atoms with E-state index in [-0.39, 0.29) is 0 Å². The number of furan rings is 1. The zero-order valence-corrected chi connectivity index (χ0v) is 24.0. The highest BCUT2D eigenvalue weighted by molar-refractivity contribution is 6.17. The minimum atomic E-state index is 0.621. The van der Waals surface area contributed by atoms with Gasteiger partial charge in [0.2, 0.25) is 0 Å². The van der Waals surface area contributed by atoms with Gasteiger partial charge in [0, 0.05) is 27.5 Å². The third-order valence-corrected chi connectivity index (χ3v) is 8.67. The predicted molar refractivity (Wildman–Crippen MR) is 181 cm³/mol. The highest BCUT2D eigenvalue weighted by Crippen LogP contribution is 2.37. The molecule has 0 aliphatic carbocycles. The minimum Gasteiger partial charge on any atom is -0.456 e. The molecule has 0 amide bonds. The Morgan fingerprint density at radius 1 is 0.432 bits per heavy atom. The van der Waals surface area contributed by atoms with Crippen molar-refractivity contribution in [2.45, 2.75) is 6.92 Å². The van der Waals surface area contributed by atoms with E-state index >= 15 is 0 Å². The van der Waals surface area contributed by atoms with Crippen molar-refractivity contribution in [1.82, 2.24) is 15.0 Å². The minimum absolute atomic E-state index is 0.621. The van der Waals surface area contributed by atoms with E-state index in [0.29, 0.717) is 17.5 Å². The SMILES string of the molecule is Cc1ccccc1-c1nc(-c2ccc3c(ccc4c5ccccc5ccc34)c2)nc(-c2cccc3oc4ccccc4c23)n1. The van der Waals surface area contributed by atoms with E-state index in [2.05, 4.69) is 97.9 Å². The fourth-order valence-corrected chi connectivity index (χ4v) is 6.50. The summed E-state index contributed by atoms with van der Waals surface area (Å²) in [5.74, 6) is 1.91. The van der Waals surface area contributed by atoms with Gasteiger partial charge in [-0.2, -0.15) is 0 Å². The first-order chi connectivity index (χ1) is 21.7. The monoisotopic (exact) mass is 563 g/mol. The van der Waals surface area contributed by atoms with Gasteiger partial charge in [0.1, 0.15) is 11.2 Å². The molecule has 0 atom stereocenters. The van der Waals surface area contributed by atoms with Crippen molar-refractivity contribution in [3.8, 4) is 34.2 Å². The molecular weight excluding hydrogens is 538 g/mol. The molecule has 0 aliphatic rings. The van der Waals surface area contributed by atoms with Gasteiger partial charge in [-0.15, -0.1) is 0 Å². The van der Waals surface area contributed by atoms with Crippen LogP contribution in [0.2, 0.25) is 0 Å². The molecular formula is C40H25N3O. The lowest BCUT2D eigenvalue weighted by molar-refractivity contribution is 0.669. The number of aromatic nitrogens is 3. The number of aryl methyl sites for hydroxylation is 1. The van der Waals surface area contributed by atoms with Crippen molar-refractivity contribution in [3.63, 3.8) is 0 Å². The number of rotatable bonds is 3. The van der Waals surface area contributed by atoms with E-state index in [0.717, 1.165) is 49.6 Å². The summed E-state index contributed by atoms with van der Waals surface area (Å²) in [6.07, 6.45) is 0. The quantitative estimate of drug-likeness (QED) is 0.201. The molecule has 2 aromatic heterocycles. The maximum absolute atomic E-state index is 6.20. The standard InChI is InChI=1S/C40H25N3O/c1-24-9-2-4-11-28(24)39-41-38(42-40(43-39)34-14-8-16-36-37(34)33-13-6-7-15-35(33)44-36)27-19-20-30-26(23-27)18-22-31-29-12-5-3-10-25(29)17-21-32(30)31/h2-23H,1H3. The summed E-state index contributed by atoms with van der Waals surface area (Å²) in [5.41, 5.74) is 5.62. The van der Waals surface area contributed by atoms with Crippen LogP contribution in [0.15, 0.2) is 138 Å². The summed E-state index contributed by atoms with van der Waals surface area (Å²) in [6.45, 7) is 2.09. The molecule has 9 rings (SSSR count).